The Labute approximate surface area is 162 Å². The summed E-state index contributed by atoms with van der Waals surface area (Å²) in [6.07, 6.45) is 6.50. The molecule has 0 bridgehead atoms. The number of nitrogens with one attached hydrogen (secondary N) is 2. The lowest BCUT2D eigenvalue weighted by Crippen LogP contribution is -2.52. The zero-order chi connectivity index (χ0) is 16.6. The van der Waals surface area contributed by atoms with Crippen LogP contribution in [0, 0.1) is 6.92 Å². The number of hydrogen-bond donors (Lipinski definition) is 2. The number of pyridine rings is 1. The SMILES string of the molecule is Cc1noc2ncc(NC(=O)C3(n4cccn4)CCNCC3)cc12.Cl.Cl. The monoisotopic (exact) mass is 398 g/mol. The van der Waals surface area contributed by atoms with Crippen molar-refractivity contribution in [3.63, 3.8) is 0 Å². The number of piperidine rings is 1. The highest BCUT2D eigenvalue weighted by Crippen LogP contribution is 2.29. The number of nitrogens with zero attached hydrogens (tertiary/aromatic N) is 4. The Balaban J connectivity index is 0.00000121. The van der Waals surface area contributed by atoms with Crippen molar-refractivity contribution in [1.82, 2.24) is 25.2 Å². The normalized spacial score (nSPS) is 15.7. The molecule has 8 nitrogen and oxygen atoms in total. The number of carbonyl (C=O) groups excluding carboxylic acids is 1. The first-order valence-corrected chi connectivity index (χ1v) is 7.93. The molecule has 0 unspecified atom stereocenters. The molecule has 3 aromatic heterocycles. The first-order valence-electron chi connectivity index (χ1n) is 7.93. The molecule has 4 heterocycles. The van der Waals surface area contributed by atoms with Crippen molar-refractivity contribution >= 4 is 47.5 Å². The molecule has 1 aliphatic rings. The lowest BCUT2D eigenvalue weighted by Gasteiger charge is -2.36. The van der Waals surface area contributed by atoms with Gasteiger partial charge in [-0.15, -0.1) is 24.8 Å². The van der Waals surface area contributed by atoms with Gasteiger partial charge in [0.25, 0.3) is 11.6 Å². The van der Waals surface area contributed by atoms with Crippen LogP contribution in [0.15, 0.2) is 35.2 Å². The largest absolute Gasteiger partial charge is 0.336 e. The summed E-state index contributed by atoms with van der Waals surface area (Å²) in [6.45, 7) is 3.39. The Morgan fingerprint density at radius 1 is 1.35 bits per heavy atom. The van der Waals surface area contributed by atoms with E-state index in [0.717, 1.165) is 24.2 Å². The summed E-state index contributed by atoms with van der Waals surface area (Å²) >= 11 is 0. The first-order chi connectivity index (χ1) is 11.7. The second-order valence-corrected chi connectivity index (χ2v) is 6.03. The highest BCUT2D eigenvalue weighted by atomic mass is 35.5. The van der Waals surface area contributed by atoms with E-state index in [4.69, 9.17) is 4.52 Å². The summed E-state index contributed by atoms with van der Waals surface area (Å²) in [5.41, 5.74) is 1.16. The van der Waals surface area contributed by atoms with Crippen LogP contribution >= 0.6 is 24.8 Å². The van der Waals surface area contributed by atoms with E-state index in [9.17, 15) is 4.79 Å². The van der Waals surface area contributed by atoms with E-state index in [1.54, 1.807) is 17.1 Å². The first kappa shape index (κ1) is 20.2. The van der Waals surface area contributed by atoms with Gasteiger partial charge in [0.15, 0.2) is 0 Å². The number of carbonyl (C=O) groups is 1. The van der Waals surface area contributed by atoms with Gasteiger partial charge < -0.3 is 15.2 Å². The molecule has 1 saturated heterocycles. The van der Waals surface area contributed by atoms with Crippen molar-refractivity contribution < 1.29 is 9.32 Å². The number of halogens is 2. The van der Waals surface area contributed by atoms with E-state index in [0.29, 0.717) is 24.2 Å². The number of rotatable bonds is 3. The van der Waals surface area contributed by atoms with Crippen LogP contribution in [-0.4, -0.2) is 38.9 Å². The second kappa shape index (κ2) is 8.03. The van der Waals surface area contributed by atoms with Gasteiger partial charge in [-0.1, -0.05) is 5.16 Å². The molecular formula is C16H20Cl2N6O2. The molecule has 140 valence electrons. The lowest BCUT2D eigenvalue weighted by molar-refractivity contribution is -0.126. The number of fused-ring (bicyclic) bond motifs is 1. The molecule has 1 aliphatic heterocycles. The number of hydrogen-bond acceptors (Lipinski definition) is 6. The number of aromatic nitrogens is 4. The molecule has 4 rings (SSSR count). The predicted molar refractivity (Wildman–Crippen MR) is 102 cm³/mol. The zero-order valence-corrected chi connectivity index (χ0v) is 15.8. The minimum atomic E-state index is -0.687. The molecular weight excluding hydrogens is 379 g/mol. The minimum Gasteiger partial charge on any atom is -0.336 e. The van der Waals surface area contributed by atoms with E-state index in [-0.39, 0.29) is 30.7 Å². The summed E-state index contributed by atoms with van der Waals surface area (Å²) in [4.78, 5) is 17.3. The third-order valence-corrected chi connectivity index (χ3v) is 4.56. The van der Waals surface area contributed by atoms with Gasteiger partial charge in [-0.2, -0.15) is 5.10 Å². The summed E-state index contributed by atoms with van der Waals surface area (Å²) < 4.78 is 6.87. The smallest absolute Gasteiger partial charge is 0.258 e. The Kier molecular flexibility index (Phi) is 6.22. The van der Waals surface area contributed by atoms with Crippen molar-refractivity contribution in [3.05, 3.63) is 36.4 Å². The number of anilines is 1. The van der Waals surface area contributed by atoms with Crippen molar-refractivity contribution in [2.45, 2.75) is 25.3 Å². The van der Waals surface area contributed by atoms with Gasteiger partial charge in [0.05, 0.1) is 23.0 Å². The zero-order valence-electron chi connectivity index (χ0n) is 14.1. The standard InChI is InChI=1S/C16H18N6O2.2ClH/c1-11-13-9-12(10-18-14(13)24-21-11)20-15(23)16(3-6-17-7-4-16)22-8-2-5-19-22;;/h2,5,8-10,17H,3-4,6-7H2,1H3,(H,20,23);2*1H. The Morgan fingerprint density at radius 2 is 2.12 bits per heavy atom. The van der Waals surface area contributed by atoms with E-state index < -0.39 is 5.54 Å². The van der Waals surface area contributed by atoms with E-state index in [1.807, 2.05) is 25.3 Å². The summed E-state index contributed by atoms with van der Waals surface area (Å²) in [7, 11) is 0. The van der Waals surface area contributed by atoms with Crippen LogP contribution in [0.25, 0.3) is 11.1 Å². The predicted octanol–water partition coefficient (Wildman–Crippen LogP) is 2.29. The van der Waals surface area contributed by atoms with Crippen LogP contribution in [0.4, 0.5) is 5.69 Å². The molecule has 26 heavy (non-hydrogen) atoms. The minimum absolute atomic E-state index is 0. The van der Waals surface area contributed by atoms with Crippen molar-refractivity contribution in [3.8, 4) is 0 Å². The maximum absolute atomic E-state index is 13.1. The molecule has 0 saturated carbocycles. The fourth-order valence-corrected chi connectivity index (χ4v) is 3.18. The number of aryl methyl sites for hydroxylation is 1. The molecule has 0 aliphatic carbocycles. The van der Waals surface area contributed by atoms with E-state index in [2.05, 4.69) is 25.9 Å². The molecule has 3 aromatic rings. The third kappa shape index (κ3) is 3.40. The fourth-order valence-electron chi connectivity index (χ4n) is 3.18. The lowest BCUT2D eigenvalue weighted by atomic mass is 9.87. The quantitative estimate of drug-likeness (QED) is 0.702. The molecule has 0 atom stereocenters. The molecule has 0 spiro atoms. The number of amides is 1. The highest BCUT2D eigenvalue weighted by molar-refractivity contribution is 5.98. The summed E-state index contributed by atoms with van der Waals surface area (Å²) in [5, 5.41) is 15.3. The van der Waals surface area contributed by atoms with Crippen LogP contribution < -0.4 is 10.6 Å². The van der Waals surface area contributed by atoms with Crippen LogP contribution in [0.2, 0.25) is 0 Å². The molecule has 1 amide bonds. The second-order valence-electron chi connectivity index (χ2n) is 6.03. The topological polar surface area (TPSA) is 97.9 Å². The Morgan fingerprint density at radius 3 is 2.81 bits per heavy atom. The van der Waals surface area contributed by atoms with Crippen LogP contribution in [0.5, 0.6) is 0 Å². The van der Waals surface area contributed by atoms with Crippen molar-refractivity contribution in [1.29, 1.82) is 0 Å². The average molecular weight is 399 g/mol. The van der Waals surface area contributed by atoms with Gasteiger partial charge in [-0.05, 0) is 45.0 Å². The van der Waals surface area contributed by atoms with Gasteiger partial charge in [-0.3, -0.25) is 9.48 Å². The van der Waals surface area contributed by atoms with Gasteiger partial charge in [0, 0.05) is 12.4 Å². The van der Waals surface area contributed by atoms with Gasteiger partial charge >= 0.3 is 0 Å². The Hall–Kier alpha value is -2.16. The highest BCUT2D eigenvalue weighted by Gasteiger charge is 2.42. The molecule has 2 N–H and O–H groups in total. The maximum Gasteiger partial charge on any atom is 0.258 e. The van der Waals surface area contributed by atoms with Crippen molar-refractivity contribution in [2.75, 3.05) is 18.4 Å². The van der Waals surface area contributed by atoms with E-state index >= 15 is 0 Å². The molecule has 10 heteroatoms. The van der Waals surface area contributed by atoms with E-state index in [1.165, 1.54) is 0 Å². The average Bonchev–Trinajstić information content (AvgIpc) is 3.26. The van der Waals surface area contributed by atoms with Gasteiger partial charge in [0.1, 0.15) is 5.54 Å². The van der Waals surface area contributed by atoms with Crippen LogP contribution in [0.1, 0.15) is 18.5 Å². The van der Waals surface area contributed by atoms with Gasteiger partial charge in [0.2, 0.25) is 0 Å². The third-order valence-electron chi connectivity index (χ3n) is 4.56. The van der Waals surface area contributed by atoms with Crippen LogP contribution in [0.3, 0.4) is 0 Å². The maximum atomic E-state index is 13.1. The fraction of sp³-hybridized carbons (Fsp3) is 0.375. The molecule has 1 fully saturated rings. The summed E-state index contributed by atoms with van der Waals surface area (Å²) in [5.74, 6) is -0.0806. The molecule has 0 radical (unpaired) electrons. The van der Waals surface area contributed by atoms with Crippen molar-refractivity contribution in [2.24, 2.45) is 0 Å². The van der Waals surface area contributed by atoms with Crippen LogP contribution in [-0.2, 0) is 10.3 Å². The Bertz CT molecular complexity index is 874. The summed E-state index contributed by atoms with van der Waals surface area (Å²) in [6, 6.07) is 3.68. The van der Waals surface area contributed by atoms with Gasteiger partial charge in [-0.25, -0.2) is 4.98 Å². The molecule has 0 aromatic carbocycles.